The zero-order valence-electron chi connectivity index (χ0n) is 9.90. The maximum atomic E-state index is 13.1. The van der Waals surface area contributed by atoms with Gasteiger partial charge in [-0.1, -0.05) is 29.8 Å². The van der Waals surface area contributed by atoms with E-state index in [9.17, 15) is 4.39 Å². The molecule has 0 bridgehead atoms. The second-order valence-corrected chi connectivity index (χ2v) is 4.54. The first-order valence-electron chi connectivity index (χ1n) is 5.80. The van der Waals surface area contributed by atoms with E-state index in [1.807, 2.05) is 30.3 Å². The first-order valence-corrected chi connectivity index (χ1v) is 6.18. The monoisotopic (exact) mass is 272 g/mol. The van der Waals surface area contributed by atoms with Crippen LogP contribution in [0.2, 0.25) is 5.02 Å². The van der Waals surface area contributed by atoms with E-state index in [0.717, 1.165) is 22.3 Å². The van der Waals surface area contributed by atoms with Gasteiger partial charge in [-0.25, -0.2) is 4.39 Å². The lowest BCUT2D eigenvalue weighted by molar-refractivity contribution is 0.628. The standard InChI is InChI=1S/C15H10ClFN2/c16-12-9-10(5-6-13(12)17)19-15-7-8-18-14-4-2-1-3-11(14)15/h1-9H,(H,18,19). The van der Waals surface area contributed by atoms with Crippen molar-refractivity contribution in [3.05, 3.63) is 65.6 Å². The summed E-state index contributed by atoms with van der Waals surface area (Å²) in [6.07, 6.45) is 1.73. The van der Waals surface area contributed by atoms with E-state index in [4.69, 9.17) is 11.6 Å². The first-order chi connectivity index (χ1) is 9.24. The fourth-order valence-corrected chi connectivity index (χ4v) is 2.11. The summed E-state index contributed by atoms with van der Waals surface area (Å²) >= 11 is 5.77. The molecule has 0 spiro atoms. The maximum Gasteiger partial charge on any atom is 0.141 e. The normalized spacial score (nSPS) is 10.6. The molecule has 1 aromatic heterocycles. The van der Waals surface area contributed by atoms with Crippen molar-refractivity contribution >= 4 is 33.9 Å². The van der Waals surface area contributed by atoms with Crippen molar-refractivity contribution in [3.8, 4) is 0 Å². The minimum absolute atomic E-state index is 0.100. The second-order valence-electron chi connectivity index (χ2n) is 4.13. The molecule has 4 heteroatoms. The lowest BCUT2D eigenvalue weighted by atomic mass is 10.2. The van der Waals surface area contributed by atoms with E-state index < -0.39 is 5.82 Å². The van der Waals surface area contributed by atoms with E-state index in [-0.39, 0.29) is 5.02 Å². The fraction of sp³-hybridized carbons (Fsp3) is 0. The quantitative estimate of drug-likeness (QED) is 0.727. The third kappa shape index (κ3) is 2.37. The number of fused-ring (bicyclic) bond motifs is 1. The molecule has 2 nitrogen and oxygen atoms in total. The van der Waals surface area contributed by atoms with Crippen LogP contribution in [0.5, 0.6) is 0 Å². The molecule has 2 aromatic carbocycles. The molecule has 0 saturated heterocycles. The largest absolute Gasteiger partial charge is 0.355 e. The van der Waals surface area contributed by atoms with Crippen molar-refractivity contribution in [2.24, 2.45) is 0 Å². The van der Waals surface area contributed by atoms with Crippen LogP contribution in [0.4, 0.5) is 15.8 Å². The molecule has 0 radical (unpaired) electrons. The molecule has 1 heterocycles. The summed E-state index contributed by atoms with van der Waals surface area (Å²) in [5.41, 5.74) is 2.55. The number of halogens is 2. The summed E-state index contributed by atoms with van der Waals surface area (Å²) in [6, 6.07) is 14.2. The molecule has 3 rings (SSSR count). The smallest absolute Gasteiger partial charge is 0.141 e. The molecule has 0 saturated carbocycles. The highest BCUT2D eigenvalue weighted by Crippen LogP contribution is 2.27. The average Bonchev–Trinajstić information content (AvgIpc) is 2.43. The highest BCUT2D eigenvalue weighted by molar-refractivity contribution is 6.31. The predicted molar refractivity (Wildman–Crippen MR) is 76.4 cm³/mol. The van der Waals surface area contributed by atoms with Gasteiger partial charge < -0.3 is 5.32 Å². The van der Waals surface area contributed by atoms with Crippen molar-refractivity contribution in [2.75, 3.05) is 5.32 Å². The predicted octanol–water partition coefficient (Wildman–Crippen LogP) is 4.77. The fourth-order valence-electron chi connectivity index (χ4n) is 1.93. The number of nitrogens with one attached hydrogen (secondary N) is 1. The summed E-state index contributed by atoms with van der Waals surface area (Å²) in [4.78, 5) is 4.29. The molecule has 0 fully saturated rings. The van der Waals surface area contributed by atoms with Gasteiger partial charge in [0.2, 0.25) is 0 Å². The van der Waals surface area contributed by atoms with Gasteiger partial charge in [-0.3, -0.25) is 4.98 Å². The molecule has 94 valence electrons. The SMILES string of the molecule is Fc1ccc(Nc2ccnc3ccccc23)cc1Cl. The Balaban J connectivity index is 2.03. The third-order valence-corrected chi connectivity index (χ3v) is 3.14. The Hall–Kier alpha value is -2.13. The number of hydrogen-bond donors (Lipinski definition) is 1. The molecule has 0 aliphatic heterocycles. The topological polar surface area (TPSA) is 24.9 Å². The summed E-state index contributed by atoms with van der Waals surface area (Å²) in [5, 5.41) is 4.33. The van der Waals surface area contributed by atoms with Gasteiger partial charge in [-0.2, -0.15) is 0 Å². The van der Waals surface area contributed by atoms with Crippen molar-refractivity contribution in [3.63, 3.8) is 0 Å². The molecule has 1 N–H and O–H groups in total. The van der Waals surface area contributed by atoms with Gasteiger partial charge in [0.25, 0.3) is 0 Å². The number of anilines is 2. The molecule has 0 atom stereocenters. The lowest BCUT2D eigenvalue weighted by Crippen LogP contribution is -1.93. The molecule has 0 unspecified atom stereocenters. The summed E-state index contributed by atoms with van der Waals surface area (Å²) in [6.45, 7) is 0. The number of benzene rings is 2. The van der Waals surface area contributed by atoms with Gasteiger partial charge in [0, 0.05) is 23.0 Å². The minimum Gasteiger partial charge on any atom is -0.355 e. The first kappa shape index (κ1) is 11.9. The number of hydrogen-bond acceptors (Lipinski definition) is 2. The van der Waals surface area contributed by atoms with Crippen LogP contribution in [0.25, 0.3) is 10.9 Å². The van der Waals surface area contributed by atoms with Gasteiger partial charge in [0.1, 0.15) is 5.82 Å². The van der Waals surface area contributed by atoms with Gasteiger partial charge in [0.05, 0.1) is 10.5 Å². The number of para-hydroxylation sites is 1. The van der Waals surface area contributed by atoms with Gasteiger partial charge in [0.15, 0.2) is 0 Å². The second kappa shape index (κ2) is 4.86. The summed E-state index contributed by atoms with van der Waals surface area (Å²) in [5.74, 6) is -0.424. The number of rotatable bonds is 2. The Bertz CT molecular complexity index is 738. The lowest BCUT2D eigenvalue weighted by Gasteiger charge is -2.09. The Morgan fingerprint density at radius 3 is 2.74 bits per heavy atom. The average molecular weight is 273 g/mol. The van der Waals surface area contributed by atoms with Crippen LogP contribution < -0.4 is 5.32 Å². The highest BCUT2D eigenvalue weighted by atomic mass is 35.5. The van der Waals surface area contributed by atoms with Crippen molar-refractivity contribution in [2.45, 2.75) is 0 Å². The Morgan fingerprint density at radius 1 is 1.05 bits per heavy atom. The maximum absolute atomic E-state index is 13.1. The highest BCUT2D eigenvalue weighted by Gasteiger charge is 2.04. The number of aromatic nitrogens is 1. The van der Waals surface area contributed by atoms with Gasteiger partial charge in [-0.05, 0) is 30.3 Å². The molecular formula is C15H10ClFN2. The Labute approximate surface area is 114 Å². The molecule has 0 aliphatic rings. The van der Waals surface area contributed by atoms with Crippen molar-refractivity contribution in [1.82, 2.24) is 4.98 Å². The summed E-state index contributed by atoms with van der Waals surface area (Å²) < 4.78 is 13.1. The van der Waals surface area contributed by atoms with E-state index in [1.54, 1.807) is 18.3 Å². The van der Waals surface area contributed by atoms with Crippen LogP contribution in [-0.2, 0) is 0 Å². The minimum atomic E-state index is -0.424. The number of pyridine rings is 1. The zero-order chi connectivity index (χ0) is 13.2. The van der Waals surface area contributed by atoms with Gasteiger partial charge >= 0.3 is 0 Å². The summed E-state index contributed by atoms with van der Waals surface area (Å²) in [7, 11) is 0. The van der Waals surface area contributed by atoms with Crippen LogP contribution in [0.15, 0.2) is 54.7 Å². The van der Waals surface area contributed by atoms with E-state index in [1.165, 1.54) is 6.07 Å². The molecule has 0 aliphatic carbocycles. The van der Waals surface area contributed by atoms with Crippen LogP contribution in [0.1, 0.15) is 0 Å². The van der Waals surface area contributed by atoms with Crippen LogP contribution in [-0.4, -0.2) is 4.98 Å². The Morgan fingerprint density at radius 2 is 1.89 bits per heavy atom. The van der Waals surface area contributed by atoms with Crippen molar-refractivity contribution < 1.29 is 4.39 Å². The van der Waals surface area contributed by atoms with E-state index in [0.29, 0.717) is 0 Å². The van der Waals surface area contributed by atoms with Gasteiger partial charge in [-0.15, -0.1) is 0 Å². The molecule has 3 aromatic rings. The van der Waals surface area contributed by atoms with E-state index in [2.05, 4.69) is 10.3 Å². The van der Waals surface area contributed by atoms with Crippen LogP contribution in [0.3, 0.4) is 0 Å². The van der Waals surface area contributed by atoms with Crippen LogP contribution >= 0.6 is 11.6 Å². The van der Waals surface area contributed by atoms with E-state index >= 15 is 0 Å². The molecular weight excluding hydrogens is 263 g/mol. The zero-order valence-corrected chi connectivity index (χ0v) is 10.7. The van der Waals surface area contributed by atoms with Crippen LogP contribution in [0, 0.1) is 5.82 Å². The Kier molecular flexibility index (Phi) is 3.05. The molecule has 0 amide bonds. The third-order valence-electron chi connectivity index (χ3n) is 2.85. The van der Waals surface area contributed by atoms with Crippen molar-refractivity contribution in [1.29, 1.82) is 0 Å². The number of nitrogens with zero attached hydrogens (tertiary/aromatic N) is 1. The molecule has 19 heavy (non-hydrogen) atoms.